The maximum Gasteiger partial charge on any atom is 0.0584 e. The van der Waals surface area contributed by atoms with Gasteiger partial charge in [0.15, 0.2) is 0 Å². The van der Waals surface area contributed by atoms with Gasteiger partial charge in [0, 0.05) is 12.6 Å². The van der Waals surface area contributed by atoms with E-state index in [1.807, 2.05) is 0 Å². The number of fused-ring (bicyclic) bond motifs is 1. The molecule has 0 unspecified atom stereocenters. The van der Waals surface area contributed by atoms with Crippen molar-refractivity contribution in [1.82, 2.24) is 5.32 Å². The molecule has 0 spiro atoms. The summed E-state index contributed by atoms with van der Waals surface area (Å²) in [5, 5.41) is 15.1. The summed E-state index contributed by atoms with van der Waals surface area (Å²) in [4.78, 5) is 0. The van der Waals surface area contributed by atoms with Gasteiger partial charge in [-0.05, 0) is 22.8 Å². The van der Waals surface area contributed by atoms with Crippen LogP contribution in [0.25, 0.3) is 10.8 Å². The first-order chi connectivity index (χ1) is 8.35. The van der Waals surface area contributed by atoms with E-state index in [1.54, 1.807) is 0 Å². The SMILES string of the molecule is CC[C@@H](CO)NCc1cccc2ccccc12. The van der Waals surface area contributed by atoms with Crippen molar-refractivity contribution in [2.45, 2.75) is 25.9 Å². The summed E-state index contributed by atoms with van der Waals surface area (Å²) in [5.41, 5.74) is 1.29. The third-order valence-electron chi connectivity index (χ3n) is 3.17. The maximum atomic E-state index is 9.15. The van der Waals surface area contributed by atoms with Gasteiger partial charge in [-0.15, -0.1) is 0 Å². The number of rotatable bonds is 5. The van der Waals surface area contributed by atoms with Crippen LogP contribution in [0.1, 0.15) is 18.9 Å². The third kappa shape index (κ3) is 2.84. The highest BCUT2D eigenvalue weighted by molar-refractivity contribution is 5.85. The lowest BCUT2D eigenvalue weighted by Crippen LogP contribution is -2.31. The van der Waals surface area contributed by atoms with E-state index >= 15 is 0 Å². The monoisotopic (exact) mass is 229 g/mol. The minimum Gasteiger partial charge on any atom is -0.395 e. The van der Waals surface area contributed by atoms with Crippen LogP contribution in [0.4, 0.5) is 0 Å². The first-order valence-corrected chi connectivity index (χ1v) is 6.16. The lowest BCUT2D eigenvalue weighted by atomic mass is 10.0. The summed E-state index contributed by atoms with van der Waals surface area (Å²) in [7, 11) is 0. The molecule has 0 saturated heterocycles. The Hall–Kier alpha value is -1.38. The second-order valence-electron chi connectivity index (χ2n) is 4.31. The van der Waals surface area contributed by atoms with Gasteiger partial charge in [0.05, 0.1) is 6.61 Å². The van der Waals surface area contributed by atoms with E-state index in [-0.39, 0.29) is 12.6 Å². The molecular formula is C15H19NO. The van der Waals surface area contributed by atoms with Crippen LogP contribution in [0.15, 0.2) is 42.5 Å². The van der Waals surface area contributed by atoms with Crippen molar-refractivity contribution in [3.05, 3.63) is 48.0 Å². The Morgan fingerprint density at radius 1 is 1.12 bits per heavy atom. The second kappa shape index (κ2) is 5.80. The molecule has 0 radical (unpaired) electrons. The van der Waals surface area contributed by atoms with Crippen LogP contribution in [0, 0.1) is 0 Å². The van der Waals surface area contributed by atoms with Gasteiger partial charge in [0.2, 0.25) is 0 Å². The molecule has 2 aromatic carbocycles. The van der Waals surface area contributed by atoms with E-state index in [0.717, 1.165) is 13.0 Å². The quantitative estimate of drug-likeness (QED) is 0.826. The van der Waals surface area contributed by atoms with E-state index in [4.69, 9.17) is 5.11 Å². The van der Waals surface area contributed by atoms with Gasteiger partial charge in [-0.3, -0.25) is 0 Å². The molecule has 1 atom stereocenters. The number of aliphatic hydroxyl groups excluding tert-OH is 1. The molecule has 0 fully saturated rings. The van der Waals surface area contributed by atoms with Gasteiger partial charge < -0.3 is 10.4 Å². The normalized spacial score (nSPS) is 12.8. The first kappa shape index (κ1) is 12.1. The third-order valence-corrected chi connectivity index (χ3v) is 3.17. The molecule has 90 valence electrons. The Kier molecular flexibility index (Phi) is 4.13. The Labute approximate surface area is 102 Å². The molecule has 0 aliphatic rings. The number of hydrogen-bond donors (Lipinski definition) is 2. The van der Waals surface area contributed by atoms with E-state index < -0.39 is 0 Å². The Balaban J connectivity index is 2.18. The molecule has 2 heteroatoms. The van der Waals surface area contributed by atoms with E-state index in [0.29, 0.717) is 0 Å². The Morgan fingerprint density at radius 3 is 2.65 bits per heavy atom. The fourth-order valence-electron chi connectivity index (χ4n) is 2.04. The predicted molar refractivity (Wildman–Crippen MR) is 72.0 cm³/mol. The fourth-order valence-corrected chi connectivity index (χ4v) is 2.04. The Bertz CT molecular complexity index is 472. The first-order valence-electron chi connectivity index (χ1n) is 6.16. The van der Waals surface area contributed by atoms with Crippen LogP contribution in [0.3, 0.4) is 0 Å². The summed E-state index contributed by atoms with van der Waals surface area (Å²) in [5.74, 6) is 0. The largest absolute Gasteiger partial charge is 0.395 e. The van der Waals surface area contributed by atoms with Gasteiger partial charge >= 0.3 is 0 Å². The molecule has 0 bridgehead atoms. The average molecular weight is 229 g/mol. The van der Waals surface area contributed by atoms with Gasteiger partial charge in [0.25, 0.3) is 0 Å². The van der Waals surface area contributed by atoms with Crippen LogP contribution in [-0.2, 0) is 6.54 Å². The second-order valence-corrected chi connectivity index (χ2v) is 4.31. The smallest absolute Gasteiger partial charge is 0.0584 e. The minimum atomic E-state index is 0.189. The molecular weight excluding hydrogens is 210 g/mol. The zero-order valence-electron chi connectivity index (χ0n) is 10.2. The van der Waals surface area contributed by atoms with Gasteiger partial charge in [-0.25, -0.2) is 0 Å². The molecule has 2 N–H and O–H groups in total. The molecule has 0 aromatic heterocycles. The topological polar surface area (TPSA) is 32.3 Å². The van der Waals surface area contributed by atoms with Crippen LogP contribution in [-0.4, -0.2) is 17.8 Å². The molecule has 2 rings (SSSR count). The average Bonchev–Trinajstić information content (AvgIpc) is 2.40. The van der Waals surface area contributed by atoms with Gasteiger partial charge in [-0.2, -0.15) is 0 Å². The molecule has 2 aromatic rings. The van der Waals surface area contributed by atoms with E-state index in [9.17, 15) is 0 Å². The number of nitrogens with one attached hydrogen (secondary N) is 1. The minimum absolute atomic E-state index is 0.189. The number of benzene rings is 2. The van der Waals surface area contributed by atoms with Crippen molar-refractivity contribution in [3.8, 4) is 0 Å². The standard InChI is InChI=1S/C15H19NO/c1-2-14(11-17)16-10-13-8-5-7-12-6-3-4-9-15(12)13/h3-9,14,16-17H,2,10-11H2,1H3/t14-/m0/s1. The highest BCUT2D eigenvalue weighted by Crippen LogP contribution is 2.18. The summed E-state index contributed by atoms with van der Waals surface area (Å²) in [6.45, 7) is 3.08. The molecule has 0 aliphatic heterocycles. The Morgan fingerprint density at radius 2 is 1.88 bits per heavy atom. The predicted octanol–water partition coefficient (Wildman–Crippen LogP) is 2.70. The molecule has 0 saturated carbocycles. The van der Waals surface area contributed by atoms with Crippen molar-refractivity contribution < 1.29 is 5.11 Å². The van der Waals surface area contributed by atoms with Crippen LogP contribution in [0.5, 0.6) is 0 Å². The molecule has 0 amide bonds. The number of aliphatic hydroxyl groups is 1. The van der Waals surface area contributed by atoms with Crippen LogP contribution >= 0.6 is 0 Å². The van der Waals surface area contributed by atoms with Gasteiger partial charge in [0.1, 0.15) is 0 Å². The van der Waals surface area contributed by atoms with Crippen LogP contribution < -0.4 is 5.32 Å². The highest BCUT2D eigenvalue weighted by Gasteiger charge is 2.05. The highest BCUT2D eigenvalue weighted by atomic mass is 16.3. The molecule has 0 heterocycles. The number of hydrogen-bond acceptors (Lipinski definition) is 2. The van der Waals surface area contributed by atoms with Crippen LogP contribution in [0.2, 0.25) is 0 Å². The summed E-state index contributed by atoms with van der Waals surface area (Å²) >= 11 is 0. The maximum absolute atomic E-state index is 9.15. The summed E-state index contributed by atoms with van der Waals surface area (Å²) < 4.78 is 0. The molecule has 17 heavy (non-hydrogen) atoms. The van der Waals surface area contributed by atoms with Crippen molar-refractivity contribution in [1.29, 1.82) is 0 Å². The van der Waals surface area contributed by atoms with Crippen molar-refractivity contribution in [2.24, 2.45) is 0 Å². The molecule has 0 aliphatic carbocycles. The lowest BCUT2D eigenvalue weighted by molar-refractivity contribution is 0.238. The van der Waals surface area contributed by atoms with Gasteiger partial charge in [-0.1, -0.05) is 49.4 Å². The summed E-state index contributed by atoms with van der Waals surface area (Å²) in [6.07, 6.45) is 0.946. The van der Waals surface area contributed by atoms with Crippen molar-refractivity contribution >= 4 is 10.8 Å². The molecule has 2 nitrogen and oxygen atoms in total. The summed E-state index contributed by atoms with van der Waals surface area (Å²) in [6, 6.07) is 14.9. The fraction of sp³-hybridized carbons (Fsp3) is 0.333. The van der Waals surface area contributed by atoms with Crippen molar-refractivity contribution in [3.63, 3.8) is 0 Å². The van der Waals surface area contributed by atoms with Crippen molar-refractivity contribution in [2.75, 3.05) is 6.61 Å². The zero-order chi connectivity index (χ0) is 12.1. The zero-order valence-corrected chi connectivity index (χ0v) is 10.2. The lowest BCUT2D eigenvalue weighted by Gasteiger charge is -2.15. The van der Waals surface area contributed by atoms with E-state index in [1.165, 1.54) is 16.3 Å². The van der Waals surface area contributed by atoms with E-state index in [2.05, 4.69) is 54.7 Å².